The van der Waals surface area contributed by atoms with Crippen LogP contribution in [0.1, 0.15) is 38.7 Å². The lowest BCUT2D eigenvalue weighted by Gasteiger charge is -2.08. The van der Waals surface area contributed by atoms with Crippen molar-refractivity contribution in [2.24, 2.45) is 0 Å². The number of carbonyl (C=O) groups is 1. The summed E-state index contributed by atoms with van der Waals surface area (Å²) in [4.78, 5) is 25.9. The number of ketones is 1. The fourth-order valence-corrected chi connectivity index (χ4v) is 4.01. The van der Waals surface area contributed by atoms with Gasteiger partial charge in [-0.2, -0.15) is 0 Å². The lowest BCUT2D eigenvalue weighted by Crippen LogP contribution is -2.02. The minimum atomic E-state index is -0.0158. The van der Waals surface area contributed by atoms with Gasteiger partial charge >= 0.3 is 0 Å². The zero-order valence-corrected chi connectivity index (χ0v) is 17.9. The van der Waals surface area contributed by atoms with Gasteiger partial charge in [0.1, 0.15) is 5.69 Å². The summed E-state index contributed by atoms with van der Waals surface area (Å²) in [6.07, 6.45) is 4.61. The Balaban J connectivity index is 1.44. The molecule has 6 nitrogen and oxygen atoms in total. The highest BCUT2D eigenvalue weighted by atomic mass is 32.1. The van der Waals surface area contributed by atoms with Gasteiger partial charge in [0.15, 0.2) is 15.8 Å². The quantitative estimate of drug-likeness (QED) is 0.421. The van der Waals surface area contributed by atoms with Crippen LogP contribution in [0, 0.1) is 20.8 Å². The molecule has 0 unspecified atom stereocenters. The summed E-state index contributed by atoms with van der Waals surface area (Å²) in [7, 11) is 0. The molecule has 0 atom stereocenters. The summed E-state index contributed by atoms with van der Waals surface area (Å²) in [6.45, 7) is 5.93. The number of nitrogens with zero attached hydrogens (tertiary/aromatic N) is 5. The highest BCUT2D eigenvalue weighted by Crippen LogP contribution is 2.24. The number of Topliss-reactive ketones (excluding diaryl/α,β-unsaturated/α-hetero) is 1. The molecule has 0 saturated heterocycles. The van der Waals surface area contributed by atoms with Gasteiger partial charge in [-0.05, 0) is 62.6 Å². The maximum atomic E-state index is 12.6. The lowest BCUT2D eigenvalue weighted by atomic mass is 10.0. The Bertz CT molecular complexity index is 1220. The van der Waals surface area contributed by atoms with Crippen LogP contribution in [-0.2, 0) is 6.42 Å². The summed E-state index contributed by atoms with van der Waals surface area (Å²) in [6, 6.07) is 11.8. The Labute approximate surface area is 179 Å². The van der Waals surface area contributed by atoms with Crippen molar-refractivity contribution >= 4 is 17.1 Å². The first-order chi connectivity index (χ1) is 14.5. The summed E-state index contributed by atoms with van der Waals surface area (Å²) < 4.78 is 0. The molecule has 7 heteroatoms. The fraction of sp³-hybridized carbons (Fsp3) is 0.217. The van der Waals surface area contributed by atoms with E-state index in [0.29, 0.717) is 22.9 Å². The van der Waals surface area contributed by atoms with E-state index < -0.39 is 0 Å². The maximum absolute atomic E-state index is 12.6. The maximum Gasteiger partial charge on any atom is 0.193 e. The number of hydrogen-bond donors (Lipinski definition) is 0. The first-order valence-corrected chi connectivity index (χ1v) is 10.5. The van der Waals surface area contributed by atoms with Crippen molar-refractivity contribution in [1.29, 1.82) is 0 Å². The highest BCUT2D eigenvalue weighted by molar-refractivity contribution is 7.16. The second-order valence-electron chi connectivity index (χ2n) is 7.19. The van der Waals surface area contributed by atoms with Gasteiger partial charge in [-0.1, -0.05) is 23.5 Å². The lowest BCUT2D eigenvalue weighted by molar-refractivity contribution is 0.0981. The molecule has 4 aromatic heterocycles. The summed E-state index contributed by atoms with van der Waals surface area (Å²) in [5.41, 5.74) is 6.70. The molecule has 0 aromatic carbocycles. The van der Waals surface area contributed by atoms with Gasteiger partial charge in [-0.15, -0.1) is 10.2 Å². The molecule has 4 rings (SSSR count). The van der Waals surface area contributed by atoms with Crippen LogP contribution in [0.5, 0.6) is 0 Å². The van der Waals surface area contributed by atoms with Crippen LogP contribution in [0.3, 0.4) is 0 Å². The molecule has 150 valence electrons. The molecule has 0 fully saturated rings. The molecular formula is C23H21N5OS. The normalized spacial score (nSPS) is 10.9. The second kappa shape index (κ2) is 8.59. The molecule has 30 heavy (non-hydrogen) atoms. The summed E-state index contributed by atoms with van der Waals surface area (Å²) in [5.74, 6) is -0.0158. The second-order valence-corrected chi connectivity index (χ2v) is 8.17. The summed E-state index contributed by atoms with van der Waals surface area (Å²) >= 11 is 1.29. The van der Waals surface area contributed by atoms with Crippen molar-refractivity contribution in [3.05, 3.63) is 76.3 Å². The Hall–Kier alpha value is -3.32. The van der Waals surface area contributed by atoms with Crippen molar-refractivity contribution in [2.45, 2.75) is 33.6 Å². The first-order valence-electron chi connectivity index (χ1n) is 9.69. The molecule has 0 radical (unpaired) electrons. The van der Waals surface area contributed by atoms with Gasteiger partial charge < -0.3 is 0 Å². The molecule has 4 aromatic rings. The summed E-state index contributed by atoms with van der Waals surface area (Å²) in [5, 5.41) is 9.29. The minimum Gasteiger partial charge on any atom is -0.291 e. The number of hydrogen-bond acceptors (Lipinski definition) is 7. The van der Waals surface area contributed by atoms with E-state index in [-0.39, 0.29) is 5.78 Å². The van der Waals surface area contributed by atoms with Crippen LogP contribution in [-0.4, -0.2) is 30.9 Å². The molecule has 0 aliphatic rings. The van der Waals surface area contributed by atoms with Crippen LogP contribution < -0.4 is 0 Å². The topological polar surface area (TPSA) is 81.5 Å². The van der Waals surface area contributed by atoms with Crippen LogP contribution in [0.2, 0.25) is 0 Å². The highest BCUT2D eigenvalue weighted by Gasteiger charge is 2.15. The van der Waals surface area contributed by atoms with Crippen LogP contribution in [0.25, 0.3) is 22.0 Å². The van der Waals surface area contributed by atoms with E-state index in [1.807, 2.05) is 57.3 Å². The van der Waals surface area contributed by atoms with Crippen LogP contribution >= 0.6 is 11.3 Å². The van der Waals surface area contributed by atoms with E-state index in [0.717, 1.165) is 39.5 Å². The molecule has 0 aliphatic carbocycles. The Morgan fingerprint density at radius 2 is 1.87 bits per heavy atom. The third-order valence-corrected chi connectivity index (χ3v) is 5.70. The number of carbonyl (C=O) groups excluding carboxylic acids is 1. The average molecular weight is 416 g/mol. The van der Waals surface area contributed by atoms with Crippen LogP contribution in [0.4, 0.5) is 0 Å². The van der Waals surface area contributed by atoms with E-state index in [2.05, 4.69) is 31.2 Å². The predicted octanol–water partition coefficient (Wildman–Crippen LogP) is 4.80. The molecule has 0 N–H and O–H groups in total. The van der Waals surface area contributed by atoms with Gasteiger partial charge in [0.25, 0.3) is 0 Å². The molecule has 4 heterocycles. The predicted molar refractivity (Wildman–Crippen MR) is 117 cm³/mol. The number of aryl methyl sites for hydroxylation is 4. The number of rotatable bonds is 6. The van der Waals surface area contributed by atoms with Crippen molar-refractivity contribution < 1.29 is 4.79 Å². The standard InChI is InChI=1S/C23H21N5OS/c1-14-11-17(13-25-21(14)18-9-10-24-16(3)12-18)7-8-20(29)23-28-27-22(30-23)19-6-4-5-15(2)26-19/h4-6,9-13H,7-8H2,1-3H3. The average Bonchev–Trinajstić information content (AvgIpc) is 3.22. The van der Waals surface area contributed by atoms with Gasteiger partial charge in [0.2, 0.25) is 0 Å². The third kappa shape index (κ3) is 4.46. The largest absolute Gasteiger partial charge is 0.291 e. The molecule has 0 saturated carbocycles. The van der Waals surface area contributed by atoms with E-state index >= 15 is 0 Å². The molecule has 0 bridgehead atoms. The van der Waals surface area contributed by atoms with Crippen molar-refractivity contribution in [3.8, 4) is 22.0 Å². The Kier molecular flexibility index (Phi) is 5.72. The fourth-order valence-electron chi connectivity index (χ4n) is 3.23. The van der Waals surface area contributed by atoms with Gasteiger partial charge in [0, 0.05) is 35.8 Å². The Morgan fingerprint density at radius 3 is 2.63 bits per heavy atom. The first kappa shape index (κ1) is 20.0. The van der Waals surface area contributed by atoms with E-state index in [1.165, 1.54) is 11.3 Å². The smallest absolute Gasteiger partial charge is 0.193 e. The monoisotopic (exact) mass is 415 g/mol. The number of pyridine rings is 3. The van der Waals surface area contributed by atoms with Gasteiger partial charge in [-0.25, -0.2) is 0 Å². The minimum absolute atomic E-state index is 0.0158. The van der Waals surface area contributed by atoms with Crippen molar-refractivity contribution in [2.75, 3.05) is 0 Å². The van der Waals surface area contributed by atoms with Crippen LogP contribution in [0.15, 0.2) is 48.8 Å². The van der Waals surface area contributed by atoms with E-state index in [9.17, 15) is 4.79 Å². The van der Waals surface area contributed by atoms with Crippen molar-refractivity contribution in [3.63, 3.8) is 0 Å². The molecule has 0 spiro atoms. The molecule has 0 amide bonds. The van der Waals surface area contributed by atoms with E-state index in [4.69, 9.17) is 0 Å². The SMILES string of the molecule is Cc1cc(-c2ncc(CCC(=O)c3nnc(-c4cccc(C)n4)s3)cc2C)ccn1. The Morgan fingerprint density at radius 1 is 1.00 bits per heavy atom. The number of aromatic nitrogens is 5. The molecule has 0 aliphatic heterocycles. The zero-order valence-electron chi connectivity index (χ0n) is 17.1. The van der Waals surface area contributed by atoms with E-state index in [1.54, 1.807) is 6.20 Å². The van der Waals surface area contributed by atoms with Crippen molar-refractivity contribution in [1.82, 2.24) is 25.1 Å². The van der Waals surface area contributed by atoms with Gasteiger partial charge in [0.05, 0.1) is 5.69 Å². The zero-order chi connectivity index (χ0) is 21.1. The third-order valence-electron chi connectivity index (χ3n) is 4.72. The van der Waals surface area contributed by atoms with Gasteiger partial charge in [-0.3, -0.25) is 19.7 Å². The molecular weight excluding hydrogens is 394 g/mol.